The van der Waals surface area contributed by atoms with E-state index in [2.05, 4.69) is 12.1 Å². The molecule has 0 N–H and O–H groups in total. The van der Waals surface area contributed by atoms with Crippen molar-refractivity contribution in [1.82, 2.24) is 0 Å². The molecule has 0 saturated heterocycles. The molecule has 1 atom stereocenters. The third-order valence-electron chi connectivity index (χ3n) is 4.27. The van der Waals surface area contributed by atoms with Gasteiger partial charge in [-0.1, -0.05) is 50.6 Å². The monoisotopic (exact) mass is 260 g/mol. The highest BCUT2D eigenvalue weighted by Gasteiger charge is 2.38. The van der Waals surface area contributed by atoms with Crippen LogP contribution in [0.1, 0.15) is 57.9 Å². The normalized spacial score (nSPS) is 19.7. The molecule has 1 aromatic carbocycles. The Hall–Kier alpha value is -1.31. The van der Waals surface area contributed by atoms with Crippen molar-refractivity contribution in [2.75, 3.05) is 0 Å². The summed E-state index contributed by atoms with van der Waals surface area (Å²) in [5.74, 6) is -0.0595. The van der Waals surface area contributed by atoms with Gasteiger partial charge in [0, 0.05) is 0 Å². The van der Waals surface area contributed by atoms with E-state index in [0.29, 0.717) is 0 Å². The Labute approximate surface area is 116 Å². The van der Waals surface area contributed by atoms with Gasteiger partial charge in [-0.3, -0.25) is 4.79 Å². The molecule has 2 heteroatoms. The third kappa shape index (κ3) is 3.17. The van der Waals surface area contributed by atoms with Gasteiger partial charge in [-0.05, 0) is 37.7 Å². The second-order valence-corrected chi connectivity index (χ2v) is 5.65. The second-order valence-electron chi connectivity index (χ2n) is 5.65. The molecule has 19 heavy (non-hydrogen) atoms. The molecule has 0 amide bonds. The Balaban J connectivity index is 2.23. The third-order valence-corrected chi connectivity index (χ3v) is 4.27. The van der Waals surface area contributed by atoms with Crippen molar-refractivity contribution in [1.29, 1.82) is 0 Å². The molecule has 0 aliphatic heterocycles. The first-order chi connectivity index (χ1) is 9.18. The number of carbonyl (C=O) groups excluding carboxylic acids is 1. The lowest BCUT2D eigenvalue weighted by atomic mass is 9.79. The summed E-state index contributed by atoms with van der Waals surface area (Å²) in [7, 11) is 0. The van der Waals surface area contributed by atoms with Crippen molar-refractivity contribution in [2.45, 2.75) is 58.0 Å². The molecule has 1 aliphatic carbocycles. The van der Waals surface area contributed by atoms with Gasteiger partial charge in [-0.25, -0.2) is 0 Å². The Morgan fingerprint density at radius 2 is 1.84 bits per heavy atom. The molecule has 0 radical (unpaired) electrons. The number of rotatable bonds is 4. The Morgan fingerprint density at radius 1 is 1.21 bits per heavy atom. The number of hydrogen-bond donors (Lipinski definition) is 0. The molecule has 0 bridgehead atoms. The van der Waals surface area contributed by atoms with Crippen LogP contribution >= 0.6 is 0 Å². The maximum atomic E-state index is 12.2. The lowest BCUT2D eigenvalue weighted by Gasteiger charge is -2.38. The lowest BCUT2D eigenvalue weighted by Crippen LogP contribution is -2.36. The largest absolute Gasteiger partial charge is 0.454 e. The van der Waals surface area contributed by atoms with Gasteiger partial charge < -0.3 is 4.74 Å². The maximum Gasteiger partial charge on any atom is 0.309 e. The summed E-state index contributed by atoms with van der Waals surface area (Å²) in [5.41, 5.74) is 0.784. The van der Waals surface area contributed by atoms with Crippen molar-refractivity contribution < 1.29 is 9.53 Å². The smallest absolute Gasteiger partial charge is 0.309 e. The maximum absolute atomic E-state index is 12.2. The molecule has 0 heterocycles. The van der Waals surface area contributed by atoms with E-state index in [1.165, 1.54) is 6.42 Å². The van der Waals surface area contributed by atoms with E-state index in [1.807, 2.05) is 32.0 Å². The van der Waals surface area contributed by atoms with Crippen LogP contribution < -0.4 is 0 Å². The van der Waals surface area contributed by atoms with E-state index in [-0.39, 0.29) is 17.5 Å². The Morgan fingerprint density at radius 3 is 2.42 bits per heavy atom. The standard InChI is InChI=1S/C17H24O2/c1-3-14(2)16(18)19-17(12-8-5-9-13-17)15-10-6-4-7-11-15/h4,6-7,10-11,14H,3,5,8-9,12-13H2,1-2H3. The quantitative estimate of drug-likeness (QED) is 0.748. The van der Waals surface area contributed by atoms with Crippen molar-refractivity contribution in [3.63, 3.8) is 0 Å². The fourth-order valence-electron chi connectivity index (χ4n) is 2.77. The summed E-state index contributed by atoms with van der Waals surface area (Å²) in [6.45, 7) is 3.98. The molecular formula is C17H24O2. The van der Waals surface area contributed by atoms with Crippen LogP contribution in [0.4, 0.5) is 0 Å². The van der Waals surface area contributed by atoms with E-state index in [4.69, 9.17) is 4.74 Å². The number of ether oxygens (including phenoxy) is 1. The Bertz CT molecular complexity index is 405. The fraction of sp³-hybridized carbons (Fsp3) is 0.588. The van der Waals surface area contributed by atoms with E-state index in [9.17, 15) is 4.79 Å². The van der Waals surface area contributed by atoms with Crippen molar-refractivity contribution in [3.8, 4) is 0 Å². The highest BCUT2D eigenvalue weighted by atomic mass is 16.6. The van der Waals surface area contributed by atoms with Gasteiger partial charge in [0.2, 0.25) is 0 Å². The van der Waals surface area contributed by atoms with E-state index < -0.39 is 0 Å². The molecule has 1 unspecified atom stereocenters. The van der Waals surface area contributed by atoms with Crippen LogP contribution in [0.2, 0.25) is 0 Å². The van der Waals surface area contributed by atoms with Crippen LogP contribution in [0.15, 0.2) is 30.3 Å². The van der Waals surface area contributed by atoms with Crippen LogP contribution in [0.25, 0.3) is 0 Å². The molecule has 1 saturated carbocycles. The van der Waals surface area contributed by atoms with Gasteiger partial charge in [-0.2, -0.15) is 0 Å². The van der Waals surface area contributed by atoms with E-state index in [1.54, 1.807) is 0 Å². The van der Waals surface area contributed by atoms with Gasteiger partial charge in [-0.15, -0.1) is 0 Å². The minimum atomic E-state index is -0.375. The molecule has 0 aromatic heterocycles. The predicted molar refractivity (Wildman–Crippen MR) is 76.8 cm³/mol. The van der Waals surface area contributed by atoms with E-state index >= 15 is 0 Å². The van der Waals surface area contributed by atoms with Crippen LogP contribution in [-0.4, -0.2) is 5.97 Å². The SMILES string of the molecule is CCC(C)C(=O)OC1(c2ccccc2)CCCCC1. The van der Waals surface area contributed by atoms with Gasteiger partial charge in [0.25, 0.3) is 0 Å². The van der Waals surface area contributed by atoms with Gasteiger partial charge in [0.15, 0.2) is 0 Å². The molecule has 1 fully saturated rings. The van der Waals surface area contributed by atoms with Crippen LogP contribution in [-0.2, 0) is 15.1 Å². The fourth-order valence-corrected chi connectivity index (χ4v) is 2.77. The molecule has 2 nitrogen and oxygen atoms in total. The highest BCUT2D eigenvalue weighted by Crippen LogP contribution is 2.41. The van der Waals surface area contributed by atoms with Crippen LogP contribution in [0.3, 0.4) is 0 Å². The first-order valence-corrected chi connectivity index (χ1v) is 7.46. The summed E-state index contributed by atoms with van der Waals surface area (Å²) in [6.07, 6.45) is 6.28. The summed E-state index contributed by atoms with van der Waals surface area (Å²) in [6, 6.07) is 10.3. The van der Waals surface area contributed by atoms with Crippen molar-refractivity contribution >= 4 is 5.97 Å². The second kappa shape index (κ2) is 6.23. The zero-order valence-corrected chi connectivity index (χ0v) is 12.0. The number of hydrogen-bond acceptors (Lipinski definition) is 2. The molecule has 104 valence electrons. The topological polar surface area (TPSA) is 26.3 Å². The van der Waals surface area contributed by atoms with Crippen LogP contribution in [0.5, 0.6) is 0 Å². The van der Waals surface area contributed by atoms with Crippen molar-refractivity contribution in [3.05, 3.63) is 35.9 Å². The summed E-state index contributed by atoms with van der Waals surface area (Å²) in [4.78, 5) is 12.2. The number of carbonyl (C=O) groups is 1. The minimum absolute atomic E-state index is 0.0116. The summed E-state index contributed by atoms with van der Waals surface area (Å²) < 4.78 is 5.98. The average Bonchev–Trinajstić information content (AvgIpc) is 2.48. The van der Waals surface area contributed by atoms with Gasteiger partial charge in [0.05, 0.1) is 5.92 Å². The first kappa shape index (κ1) is 14.1. The van der Waals surface area contributed by atoms with Crippen molar-refractivity contribution in [2.24, 2.45) is 5.92 Å². The average molecular weight is 260 g/mol. The highest BCUT2D eigenvalue weighted by molar-refractivity contribution is 5.72. The predicted octanol–water partition coefficient (Wildman–Crippen LogP) is 4.44. The Kier molecular flexibility index (Phi) is 4.62. The lowest BCUT2D eigenvalue weighted by molar-refractivity contribution is -0.169. The number of benzene rings is 1. The summed E-state index contributed by atoms with van der Waals surface area (Å²) in [5, 5.41) is 0. The van der Waals surface area contributed by atoms with E-state index in [0.717, 1.165) is 37.7 Å². The molecular weight excluding hydrogens is 236 g/mol. The molecule has 2 rings (SSSR count). The number of esters is 1. The molecule has 1 aromatic rings. The van der Waals surface area contributed by atoms with Gasteiger partial charge >= 0.3 is 5.97 Å². The van der Waals surface area contributed by atoms with Crippen LogP contribution in [0, 0.1) is 5.92 Å². The molecule has 1 aliphatic rings. The summed E-state index contributed by atoms with van der Waals surface area (Å²) >= 11 is 0. The zero-order chi connectivity index (χ0) is 13.7. The zero-order valence-electron chi connectivity index (χ0n) is 12.0. The van der Waals surface area contributed by atoms with Gasteiger partial charge in [0.1, 0.15) is 5.60 Å². The first-order valence-electron chi connectivity index (χ1n) is 7.46. The molecule has 0 spiro atoms. The minimum Gasteiger partial charge on any atom is -0.454 e.